The molecule has 3 heterocycles. The number of pyridine rings is 1. The van der Waals surface area contributed by atoms with Gasteiger partial charge in [-0.25, -0.2) is 9.79 Å². The monoisotopic (exact) mass is 378 g/mol. The van der Waals surface area contributed by atoms with Crippen LogP contribution in [-0.2, 0) is 14.3 Å². The second-order valence-electron chi connectivity index (χ2n) is 6.45. The van der Waals surface area contributed by atoms with E-state index in [1.807, 2.05) is 11.0 Å². The van der Waals surface area contributed by atoms with Gasteiger partial charge in [-0.15, -0.1) is 0 Å². The number of aromatic nitrogens is 1. The molecular weight excluding hydrogens is 356 g/mol. The molecule has 0 unspecified atom stereocenters. The summed E-state index contributed by atoms with van der Waals surface area (Å²) < 4.78 is 4.55. The van der Waals surface area contributed by atoms with E-state index in [0.29, 0.717) is 12.1 Å². The Morgan fingerprint density at radius 1 is 1.18 bits per heavy atom. The average molecular weight is 378 g/mol. The Balaban J connectivity index is 1.52. The molecule has 0 aromatic carbocycles. The van der Waals surface area contributed by atoms with Crippen molar-refractivity contribution < 1.29 is 14.3 Å². The molecule has 1 aromatic heterocycles. The topological polar surface area (TPSA) is 75.1 Å². The van der Waals surface area contributed by atoms with Gasteiger partial charge in [-0.2, -0.15) is 0 Å². The fourth-order valence-electron chi connectivity index (χ4n) is 2.92. The van der Waals surface area contributed by atoms with Gasteiger partial charge < -0.3 is 14.5 Å². The van der Waals surface area contributed by atoms with Crippen LogP contribution in [-0.4, -0.2) is 65.8 Å². The molecule has 1 fully saturated rings. The second-order valence-corrected chi connectivity index (χ2v) is 6.45. The Morgan fingerprint density at radius 3 is 2.61 bits per heavy atom. The van der Waals surface area contributed by atoms with Crippen molar-refractivity contribution in [2.75, 3.05) is 33.3 Å². The first-order chi connectivity index (χ1) is 13.5. The second kappa shape index (κ2) is 9.00. The largest absolute Gasteiger partial charge is 0.466 e. The van der Waals surface area contributed by atoms with Gasteiger partial charge in [0.1, 0.15) is 5.84 Å². The fraction of sp³-hybridized carbons (Fsp3) is 0.333. The van der Waals surface area contributed by atoms with Gasteiger partial charge in [0.05, 0.1) is 12.8 Å². The number of piperazine rings is 1. The number of esters is 1. The molecule has 1 aromatic rings. The van der Waals surface area contributed by atoms with E-state index >= 15 is 0 Å². The van der Waals surface area contributed by atoms with Gasteiger partial charge in [0.2, 0.25) is 5.91 Å². The van der Waals surface area contributed by atoms with Crippen molar-refractivity contribution in [3.8, 4) is 11.8 Å². The molecule has 0 bridgehead atoms. The van der Waals surface area contributed by atoms with Gasteiger partial charge in [-0.1, -0.05) is 11.8 Å². The predicted octanol–water partition coefficient (Wildman–Crippen LogP) is 1.47. The molecule has 7 nitrogen and oxygen atoms in total. The van der Waals surface area contributed by atoms with Crippen molar-refractivity contribution >= 4 is 23.8 Å². The third-order valence-electron chi connectivity index (χ3n) is 4.55. The van der Waals surface area contributed by atoms with Crippen molar-refractivity contribution in [1.82, 2.24) is 14.8 Å². The van der Waals surface area contributed by atoms with Crippen molar-refractivity contribution in [2.45, 2.75) is 13.3 Å². The third kappa shape index (κ3) is 5.07. The minimum absolute atomic E-state index is 0.123. The number of carbonyl (C=O) groups is 2. The standard InChI is InChI=1S/C21H22N4O3/c1-16(26)24-9-11-25(12-10-24)20-13-18(15-23-20)4-3-17-5-6-19(22-14-17)7-8-21(27)28-2/h5-8,14-15H,9-13H2,1-2H3/b8-7+. The summed E-state index contributed by atoms with van der Waals surface area (Å²) in [4.78, 5) is 35.3. The Kier molecular flexibility index (Phi) is 6.22. The minimum Gasteiger partial charge on any atom is -0.466 e. The van der Waals surface area contributed by atoms with Crippen LogP contribution in [0.15, 0.2) is 41.2 Å². The van der Waals surface area contributed by atoms with Crippen LogP contribution in [0.25, 0.3) is 6.08 Å². The molecule has 0 spiro atoms. The maximum absolute atomic E-state index is 11.4. The average Bonchev–Trinajstić information content (AvgIpc) is 3.20. The van der Waals surface area contributed by atoms with E-state index in [-0.39, 0.29) is 5.91 Å². The molecule has 28 heavy (non-hydrogen) atoms. The highest BCUT2D eigenvalue weighted by atomic mass is 16.5. The summed E-state index contributed by atoms with van der Waals surface area (Å²) in [6, 6.07) is 3.65. The zero-order chi connectivity index (χ0) is 19.9. The van der Waals surface area contributed by atoms with Crippen LogP contribution in [0.4, 0.5) is 0 Å². The molecule has 3 rings (SSSR count). The number of amides is 1. The number of amidine groups is 1. The quantitative estimate of drug-likeness (QED) is 0.443. The number of hydrogen-bond donors (Lipinski definition) is 0. The highest BCUT2D eigenvalue weighted by Crippen LogP contribution is 2.16. The van der Waals surface area contributed by atoms with Gasteiger partial charge in [0, 0.05) is 69.1 Å². The van der Waals surface area contributed by atoms with Gasteiger partial charge in [0.15, 0.2) is 0 Å². The summed E-state index contributed by atoms with van der Waals surface area (Å²) in [6.07, 6.45) is 7.10. The molecular formula is C21H22N4O3. The van der Waals surface area contributed by atoms with Gasteiger partial charge in [-0.05, 0) is 18.2 Å². The van der Waals surface area contributed by atoms with E-state index in [2.05, 4.69) is 31.5 Å². The van der Waals surface area contributed by atoms with Crippen LogP contribution in [0.1, 0.15) is 24.6 Å². The third-order valence-corrected chi connectivity index (χ3v) is 4.55. The lowest BCUT2D eigenvalue weighted by atomic mass is 10.1. The van der Waals surface area contributed by atoms with E-state index in [1.54, 1.807) is 31.5 Å². The Bertz CT molecular complexity index is 896. The summed E-state index contributed by atoms with van der Waals surface area (Å²) in [5.41, 5.74) is 2.41. The van der Waals surface area contributed by atoms with Crippen LogP contribution < -0.4 is 0 Å². The van der Waals surface area contributed by atoms with Crippen LogP contribution in [0.5, 0.6) is 0 Å². The number of carbonyl (C=O) groups excluding carboxylic acids is 2. The molecule has 7 heteroatoms. The molecule has 2 aliphatic rings. The van der Waals surface area contributed by atoms with Crippen LogP contribution in [0.3, 0.4) is 0 Å². The predicted molar refractivity (Wildman–Crippen MR) is 106 cm³/mol. The van der Waals surface area contributed by atoms with Crippen molar-refractivity contribution in [1.29, 1.82) is 0 Å². The zero-order valence-corrected chi connectivity index (χ0v) is 16.0. The highest BCUT2D eigenvalue weighted by molar-refractivity contribution is 5.89. The van der Waals surface area contributed by atoms with Crippen molar-refractivity contribution in [3.63, 3.8) is 0 Å². The lowest BCUT2D eigenvalue weighted by molar-refractivity contribution is -0.134. The zero-order valence-electron chi connectivity index (χ0n) is 16.0. The van der Waals surface area contributed by atoms with E-state index in [1.165, 1.54) is 13.2 Å². The van der Waals surface area contributed by atoms with E-state index in [4.69, 9.17) is 0 Å². The first kappa shape index (κ1) is 19.4. The highest BCUT2D eigenvalue weighted by Gasteiger charge is 2.22. The lowest BCUT2D eigenvalue weighted by Crippen LogP contribution is -2.49. The van der Waals surface area contributed by atoms with Gasteiger partial charge >= 0.3 is 5.97 Å². The molecule has 0 aliphatic carbocycles. The first-order valence-electron chi connectivity index (χ1n) is 9.05. The Hall–Kier alpha value is -3.40. The summed E-state index contributed by atoms with van der Waals surface area (Å²) in [6.45, 7) is 4.68. The number of aliphatic imine (C=N–C) groups is 1. The maximum Gasteiger partial charge on any atom is 0.330 e. The van der Waals surface area contributed by atoms with Crippen molar-refractivity contribution in [3.05, 3.63) is 47.4 Å². The smallest absolute Gasteiger partial charge is 0.330 e. The van der Waals surface area contributed by atoms with E-state index in [9.17, 15) is 9.59 Å². The molecule has 0 saturated carbocycles. The van der Waals surface area contributed by atoms with Crippen molar-refractivity contribution in [2.24, 2.45) is 4.99 Å². The molecule has 1 amide bonds. The molecule has 144 valence electrons. The molecule has 0 atom stereocenters. The minimum atomic E-state index is -0.419. The SMILES string of the molecule is COC(=O)/C=C/c1ccc(C#CC2=CN=C(N3CCN(C(C)=O)CC3)C2)cn1. The number of methoxy groups -OCH3 is 1. The normalized spacial score (nSPS) is 16.4. The number of rotatable bonds is 2. The Labute approximate surface area is 164 Å². The van der Waals surface area contributed by atoms with Crippen LogP contribution in [0, 0.1) is 11.8 Å². The van der Waals surface area contributed by atoms with Gasteiger partial charge in [-0.3, -0.25) is 9.78 Å². The maximum atomic E-state index is 11.4. The molecule has 1 saturated heterocycles. The van der Waals surface area contributed by atoms with E-state index in [0.717, 1.165) is 43.2 Å². The summed E-state index contributed by atoms with van der Waals surface area (Å²) in [7, 11) is 1.33. The molecule has 0 N–H and O–H groups in total. The van der Waals surface area contributed by atoms with Crippen LogP contribution >= 0.6 is 0 Å². The number of nitrogens with zero attached hydrogens (tertiary/aromatic N) is 4. The van der Waals surface area contributed by atoms with Gasteiger partial charge in [0.25, 0.3) is 0 Å². The molecule has 2 aliphatic heterocycles. The van der Waals surface area contributed by atoms with Crippen LogP contribution in [0.2, 0.25) is 0 Å². The molecule has 0 radical (unpaired) electrons. The first-order valence-corrected chi connectivity index (χ1v) is 9.05. The Morgan fingerprint density at radius 2 is 1.96 bits per heavy atom. The summed E-state index contributed by atoms with van der Waals surface area (Å²) in [5, 5.41) is 0. The fourth-order valence-corrected chi connectivity index (χ4v) is 2.92. The number of hydrogen-bond acceptors (Lipinski definition) is 6. The number of ether oxygens (including phenoxy) is 1. The summed E-state index contributed by atoms with van der Waals surface area (Å²) in [5.74, 6) is 6.95. The van der Waals surface area contributed by atoms with E-state index < -0.39 is 5.97 Å². The lowest BCUT2D eigenvalue weighted by Gasteiger charge is -2.35. The summed E-state index contributed by atoms with van der Waals surface area (Å²) >= 11 is 0.